The van der Waals surface area contributed by atoms with Crippen molar-refractivity contribution in [2.24, 2.45) is 0 Å². The Morgan fingerprint density at radius 2 is 2.09 bits per heavy atom. The van der Waals surface area contributed by atoms with Crippen LogP contribution in [0.1, 0.15) is 5.56 Å². The summed E-state index contributed by atoms with van der Waals surface area (Å²) in [5.41, 5.74) is 8.28. The van der Waals surface area contributed by atoms with Gasteiger partial charge in [-0.3, -0.25) is 4.79 Å². The summed E-state index contributed by atoms with van der Waals surface area (Å²) in [7, 11) is 0. The number of anilines is 2. The number of fused-ring (bicyclic) bond motifs is 1. The van der Waals surface area contributed by atoms with Crippen LogP contribution < -0.4 is 20.1 Å². The van der Waals surface area contributed by atoms with Crippen LogP contribution in [0.15, 0.2) is 42.5 Å². The van der Waals surface area contributed by atoms with Crippen LogP contribution in [0.2, 0.25) is 0 Å². The topological polar surface area (TPSA) is 64.8 Å². The molecule has 0 saturated carbocycles. The number of benzene rings is 2. The molecule has 2 aromatic carbocycles. The quantitative estimate of drug-likeness (QED) is 0.880. The summed E-state index contributed by atoms with van der Waals surface area (Å²) in [5.74, 6) is 1.32. The van der Waals surface area contributed by atoms with Gasteiger partial charge in [-0.05, 0) is 36.8 Å². The summed E-state index contributed by atoms with van der Waals surface area (Å²) < 4.78 is 11.1. The van der Waals surface area contributed by atoms with Gasteiger partial charge in [0.2, 0.25) is 0 Å². The summed E-state index contributed by atoms with van der Waals surface area (Å²) in [6.07, 6.45) is 0. The second kappa shape index (κ2) is 5.97. The summed E-state index contributed by atoms with van der Waals surface area (Å²) in [4.78, 5) is 13.7. The molecule has 0 fully saturated rings. The van der Waals surface area contributed by atoms with Crippen LogP contribution in [-0.2, 0) is 4.79 Å². The van der Waals surface area contributed by atoms with Crippen molar-refractivity contribution in [2.45, 2.75) is 6.92 Å². The van der Waals surface area contributed by atoms with E-state index in [0.717, 1.165) is 11.3 Å². The monoisotopic (exact) mass is 298 g/mol. The SMILES string of the molecule is Cc1cccc(OCCN2C(=O)COc3cccc(N)c32)c1. The van der Waals surface area contributed by atoms with Gasteiger partial charge in [0, 0.05) is 0 Å². The highest BCUT2D eigenvalue weighted by atomic mass is 16.5. The molecule has 1 aliphatic rings. The molecule has 0 aliphatic carbocycles. The number of carbonyl (C=O) groups is 1. The fraction of sp³-hybridized carbons (Fsp3) is 0.235. The lowest BCUT2D eigenvalue weighted by Crippen LogP contribution is -2.41. The summed E-state index contributed by atoms with van der Waals surface area (Å²) >= 11 is 0. The Hall–Kier alpha value is -2.69. The zero-order valence-corrected chi connectivity index (χ0v) is 12.4. The molecule has 5 heteroatoms. The van der Waals surface area contributed by atoms with E-state index < -0.39 is 0 Å². The fourth-order valence-corrected chi connectivity index (χ4v) is 2.48. The van der Waals surface area contributed by atoms with E-state index in [2.05, 4.69) is 0 Å². The van der Waals surface area contributed by atoms with E-state index in [9.17, 15) is 4.79 Å². The van der Waals surface area contributed by atoms with Gasteiger partial charge in [0.05, 0.1) is 12.2 Å². The Morgan fingerprint density at radius 1 is 1.27 bits per heavy atom. The highest BCUT2D eigenvalue weighted by molar-refractivity contribution is 6.01. The van der Waals surface area contributed by atoms with E-state index in [-0.39, 0.29) is 12.5 Å². The molecule has 5 nitrogen and oxygen atoms in total. The lowest BCUT2D eigenvalue weighted by Gasteiger charge is -2.30. The van der Waals surface area contributed by atoms with Crippen LogP contribution in [0, 0.1) is 6.92 Å². The van der Waals surface area contributed by atoms with Crippen molar-refractivity contribution in [3.8, 4) is 11.5 Å². The summed E-state index contributed by atoms with van der Waals surface area (Å²) in [5, 5.41) is 0. The fourth-order valence-electron chi connectivity index (χ4n) is 2.48. The molecular formula is C17H18N2O3. The van der Waals surface area contributed by atoms with E-state index in [4.69, 9.17) is 15.2 Å². The molecule has 22 heavy (non-hydrogen) atoms. The van der Waals surface area contributed by atoms with Crippen molar-refractivity contribution >= 4 is 17.3 Å². The molecule has 0 bridgehead atoms. The molecule has 0 atom stereocenters. The molecule has 0 saturated heterocycles. The molecule has 0 radical (unpaired) electrons. The molecule has 1 amide bonds. The molecule has 0 aromatic heterocycles. The minimum absolute atomic E-state index is 0.0287. The van der Waals surface area contributed by atoms with Crippen molar-refractivity contribution in [3.63, 3.8) is 0 Å². The minimum Gasteiger partial charge on any atom is -0.492 e. The third kappa shape index (κ3) is 2.83. The van der Waals surface area contributed by atoms with Crippen molar-refractivity contribution in [1.82, 2.24) is 0 Å². The Bertz CT molecular complexity index is 700. The summed E-state index contributed by atoms with van der Waals surface area (Å²) in [6.45, 7) is 2.86. The van der Waals surface area contributed by atoms with E-state index in [1.54, 1.807) is 11.0 Å². The second-order valence-electron chi connectivity index (χ2n) is 5.19. The molecule has 3 rings (SSSR count). The molecule has 2 N–H and O–H groups in total. The first-order valence-electron chi connectivity index (χ1n) is 7.16. The van der Waals surface area contributed by atoms with Crippen LogP contribution in [0.25, 0.3) is 0 Å². The van der Waals surface area contributed by atoms with Gasteiger partial charge in [-0.1, -0.05) is 18.2 Å². The van der Waals surface area contributed by atoms with Crippen molar-refractivity contribution < 1.29 is 14.3 Å². The van der Waals surface area contributed by atoms with Gasteiger partial charge >= 0.3 is 0 Å². The molecule has 114 valence electrons. The maximum Gasteiger partial charge on any atom is 0.265 e. The third-order valence-corrected chi connectivity index (χ3v) is 3.53. The van der Waals surface area contributed by atoms with Crippen LogP contribution in [0.4, 0.5) is 11.4 Å². The first kappa shape index (κ1) is 14.3. The molecule has 0 unspecified atom stereocenters. The Labute approximate surface area is 129 Å². The normalized spacial score (nSPS) is 13.5. The maximum atomic E-state index is 12.1. The predicted octanol–water partition coefficient (Wildman–Crippen LogP) is 2.38. The van der Waals surface area contributed by atoms with Gasteiger partial charge in [0.15, 0.2) is 6.61 Å². The number of hydrogen-bond donors (Lipinski definition) is 1. The van der Waals surface area contributed by atoms with Gasteiger partial charge in [-0.15, -0.1) is 0 Å². The van der Waals surface area contributed by atoms with Crippen molar-refractivity contribution in [3.05, 3.63) is 48.0 Å². The van der Waals surface area contributed by atoms with E-state index >= 15 is 0 Å². The molecule has 2 aromatic rings. The van der Waals surface area contributed by atoms with E-state index in [1.807, 2.05) is 43.3 Å². The molecule has 1 aliphatic heterocycles. The lowest BCUT2D eigenvalue weighted by molar-refractivity contribution is -0.121. The Balaban J connectivity index is 1.71. The Morgan fingerprint density at radius 3 is 2.91 bits per heavy atom. The Kier molecular flexibility index (Phi) is 3.87. The molecule has 0 spiro atoms. The highest BCUT2D eigenvalue weighted by Gasteiger charge is 2.27. The summed E-state index contributed by atoms with van der Waals surface area (Å²) in [6, 6.07) is 13.2. The van der Waals surface area contributed by atoms with Gasteiger partial charge in [0.25, 0.3) is 5.91 Å². The smallest absolute Gasteiger partial charge is 0.265 e. The van der Waals surface area contributed by atoms with E-state index in [0.29, 0.717) is 30.3 Å². The number of hydrogen-bond acceptors (Lipinski definition) is 4. The number of aryl methyl sites for hydroxylation is 1. The van der Waals surface area contributed by atoms with Gasteiger partial charge in [-0.25, -0.2) is 0 Å². The number of nitrogens with zero attached hydrogens (tertiary/aromatic N) is 1. The highest BCUT2D eigenvalue weighted by Crippen LogP contribution is 2.36. The first-order valence-corrected chi connectivity index (χ1v) is 7.16. The van der Waals surface area contributed by atoms with Gasteiger partial charge in [0.1, 0.15) is 23.8 Å². The van der Waals surface area contributed by atoms with Crippen LogP contribution >= 0.6 is 0 Å². The van der Waals surface area contributed by atoms with Gasteiger partial charge < -0.3 is 20.1 Å². The van der Waals surface area contributed by atoms with Crippen molar-refractivity contribution in [2.75, 3.05) is 30.4 Å². The number of nitrogen functional groups attached to an aromatic ring is 1. The van der Waals surface area contributed by atoms with Crippen LogP contribution in [0.3, 0.4) is 0 Å². The number of amides is 1. The largest absolute Gasteiger partial charge is 0.492 e. The van der Waals surface area contributed by atoms with E-state index in [1.165, 1.54) is 0 Å². The predicted molar refractivity (Wildman–Crippen MR) is 85.4 cm³/mol. The van der Waals surface area contributed by atoms with Gasteiger partial charge in [-0.2, -0.15) is 0 Å². The number of ether oxygens (including phenoxy) is 2. The average Bonchev–Trinajstić information content (AvgIpc) is 2.50. The minimum atomic E-state index is -0.113. The van der Waals surface area contributed by atoms with Crippen molar-refractivity contribution in [1.29, 1.82) is 0 Å². The molecular weight excluding hydrogens is 280 g/mol. The zero-order valence-electron chi connectivity index (χ0n) is 12.4. The maximum absolute atomic E-state index is 12.1. The number of para-hydroxylation sites is 1. The van der Waals surface area contributed by atoms with Crippen LogP contribution in [-0.4, -0.2) is 25.7 Å². The standard InChI is InChI=1S/C17H18N2O3/c1-12-4-2-5-13(10-12)21-9-8-19-16(20)11-22-15-7-3-6-14(18)17(15)19/h2-7,10H,8-9,11,18H2,1H3. The molecule has 1 heterocycles. The number of nitrogens with two attached hydrogens (primary N) is 1. The number of carbonyl (C=O) groups excluding carboxylic acids is 1. The first-order chi connectivity index (χ1) is 10.6. The number of rotatable bonds is 4. The zero-order chi connectivity index (χ0) is 15.5. The van der Waals surface area contributed by atoms with Crippen LogP contribution in [0.5, 0.6) is 11.5 Å². The second-order valence-corrected chi connectivity index (χ2v) is 5.19. The third-order valence-electron chi connectivity index (χ3n) is 3.53. The lowest BCUT2D eigenvalue weighted by atomic mass is 10.2. The average molecular weight is 298 g/mol.